The molecular weight excluding hydrogens is 382 g/mol. The summed E-state index contributed by atoms with van der Waals surface area (Å²) in [5.74, 6) is 1.63. The van der Waals surface area contributed by atoms with Gasteiger partial charge >= 0.3 is 0 Å². The molecule has 1 N–H and O–H groups in total. The topological polar surface area (TPSA) is 76.8 Å². The molecule has 0 bridgehead atoms. The quantitative estimate of drug-likeness (QED) is 0.669. The number of nitrogens with one attached hydrogen (secondary N) is 1. The Bertz CT molecular complexity index is 1080. The molecule has 1 aromatic carbocycles. The standard InChI is InChI=1S/C20H18ClN3O4/c1-11(25)24-16(9-15(23-24)17-5-4-6-28-17)13-7-12-8-18(26-2)19(27-3)10-14(12)22-20(13)21/h4-10,16,23H,1-3H3/t16-/m1/s1. The highest BCUT2D eigenvalue weighted by molar-refractivity contribution is 6.30. The summed E-state index contributed by atoms with van der Waals surface area (Å²) in [6.45, 7) is 1.48. The molecule has 0 aliphatic carbocycles. The molecule has 3 aromatic rings. The fourth-order valence-corrected chi connectivity index (χ4v) is 3.50. The molecule has 4 rings (SSSR count). The number of hydrazine groups is 1. The molecule has 1 aliphatic rings. The van der Waals surface area contributed by atoms with Crippen molar-refractivity contribution in [2.75, 3.05) is 14.2 Å². The molecule has 7 nitrogen and oxygen atoms in total. The highest BCUT2D eigenvalue weighted by Gasteiger charge is 2.31. The molecule has 8 heteroatoms. The van der Waals surface area contributed by atoms with Crippen molar-refractivity contribution in [3.05, 3.63) is 59.1 Å². The molecule has 3 heterocycles. The lowest BCUT2D eigenvalue weighted by atomic mass is 10.0. The minimum absolute atomic E-state index is 0.161. The molecule has 0 fully saturated rings. The first-order chi connectivity index (χ1) is 13.5. The van der Waals surface area contributed by atoms with E-state index in [4.69, 9.17) is 25.5 Å². The lowest BCUT2D eigenvalue weighted by molar-refractivity contribution is -0.132. The third-order valence-electron chi connectivity index (χ3n) is 4.59. The number of amides is 1. The van der Waals surface area contributed by atoms with E-state index in [1.54, 1.807) is 32.6 Å². The van der Waals surface area contributed by atoms with Crippen LogP contribution in [0.3, 0.4) is 0 Å². The van der Waals surface area contributed by atoms with Crippen LogP contribution in [0.4, 0.5) is 0 Å². The lowest BCUT2D eigenvalue weighted by Gasteiger charge is -2.24. The first-order valence-corrected chi connectivity index (χ1v) is 8.94. The van der Waals surface area contributed by atoms with Gasteiger partial charge in [0.2, 0.25) is 5.91 Å². The predicted octanol–water partition coefficient (Wildman–Crippen LogP) is 3.95. The van der Waals surface area contributed by atoms with Crippen LogP contribution in [-0.4, -0.2) is 30.1 Å². The number of halogens is 1. The Labute approximate surface area is 166 Å². The van der Waals surface area contributed by atoms with Crippen molar-refractivity contribution >= 4 is 34.1 Å². The molecule has 0 radical (unpaired) electrons. The average molecular weight is 400 g/mol. The zero-order valence-corrected chi connectivity index (χ0v) is 16.3. The van der Waals surface area contributed by atoms with Gasteiger partial charge in [-0.3, -0.25) is 10.2 Å². The lowest BCUT2D eigenvalue weighted by Crippen LogP contribution is -2.38. The van der Waals surface area contributed by atoms with Gasteiger partial charge in [0.1, 0.15) is 11.2 Å². The Morgan fingerprint density at radius 2 is 2.00 bits per heavy atom. The van der Waals surface area contributed by atoms with E-state index in [2.05, 4.69) is 10.4 Å². The molecule has 1 amide bonds. The van der Waals surface area contributed by atoms with E-state index in [9.17, 15) is 4.79 Å². The molecule has 28 heavy (non-hydrogen) atoms. The fraction of sp³-hybridized carbons (Fsp3) is 0.200. The van der Waals surface area contributed by atoms with Gasteiger partial charge in [-0.2, -0.15) is 0 Å². The van der Waals surface area contributed by atoms with Gasteiger partial charge < -0.3 is 13.9 Å². The molecule has 0 unspecified atom stereocenters. The number of fused-ring (bicyclic) bond motifs is 1. The molecule has 2 aromatic heterocycles. The van der Waals surface area contributed by atoms with Gasteiger partial charge in [-0.1, -0.05) is 11.6 Å². The smallest absolute Gasteiger partial charge is 0.238 e. The van der Waals surface area contributed by atoms with Crippen molar-refractivity contribution in [1.82, 2.24) is 15.4 Å². The fourth-order valence-electron chi connectivity index (χ4n) is 3.24. The van der Waals surface area contributed by atoms with Gasteiger partial charge in [0, 0.05) is 23.9 Å². The summed E-state index contributed by atoms with van der Waals surface area (Å²) in [5, 5.41) is 2.61. The SMILES string of the molecule is COc1cc2cc([C@H]3C=C(c4ccco4)NN3C(C)=O)c(Cl)nc2cc1OC. The van der Waals surface area contributed by atoms with Gasteiger partial charge in [-0.25, -0.2) is 9.99 Å². The van der Waals surface area contributed by atoms with Gasteiger partial charge in [-0.15, -0.1) is 0 Å². The zero-order chi connectivity index (χ0) is 19.8. The van der Waals surface area contributed by atoms with E-state index in [0.717, 1.165) is 5.39 Å². The number of nitrogens with zero attached hydrogens (tertiary/aromatic N) is 2. The van der Waals surface area contributed by atoms with Crippen molar-refractivity contribution < 1.29 is 18.7 Å². The van der Waals surface area contributed by atoms with Crippen molar-refractivity contribution in [3.8, 4) is 11.5 Å². The summed E-state index contributed by atoms with van der Waals surface area (Å²) in [7, 11) is 3.14. The molecular formula is C20H18ClN3O4. The third-order valence-corrected chi connectivity index (χ3v) is 4.89. The van der Waals surface area contributed by atoms with Crippen molar-refractivity contribution in [3.63, 3.8) is 0 Å². The highest BCUT2D eigenvalue weighted by atomic mass is 35.5. The van der Waals surface area contributed by atoms with Crippen LogP contribution in [0.1, 0.15) is 24.3 Å². The van der Waals surface area contributed by atoms with Crippen LogP contribution < -0.4 is 14.9 Å². The number of hydrogen-bond acceptors (Lipinski definition) is 6. The maximum atomic E-state index is 12.2. The second kappa shape index (κ2) is 7.09. The highest BCUT2D eigenvalue weighted by Crippen LogP contribution is 2.38. The van der Waals surface area contributed by atoms with Crippen LogP contribution in [-0.2, 0) is 4.79 Å². The number of benzene rings is 1. The number of carbonyl (C=O) groups is 1. The molecule has 1 aliphatic heterocycles. The van der Waals surface area contributed by atoms with E-state index in [1.807, 2.05) is 24.3 Å². The Morgan fingerprint density at radius 3 is 2.64 bits per heavy atom. The molecule has 0 spiro atoms. The largest absolute Gasteiger partial charge is 0.493 e. The van der Waals surface area contributed by atoms with E-state index in [0.29, 0.717) is 39.2 Å². The Morgan fingerprint density at radius 1 is 1.25 bits per heavy atom. The first-order valence-electron chi connectivity index (χ1n) is 8.56. The predicted molar refractivity (Wildman–Crippen MR) is 105 cm³/mol. The summed E-state index contributed by atoms with van der Waals surface area (Å²) in [5.41, 5.74) is 5.12. The summed E-state index contributed by atoms with van der Waals surface area (Å²) >= 11 is 6.49. The maximum absolute atomic E-state index is 12.2. The van der Waals surface area contributed by atoms with Crippen molar-refractivity contribution in [2.24, 2.45) is 0 Å². The van der Waals surface area contributed by atoms with Crippen LogP contribution in [0.2, 0.25) is 5.15 Å². The Kier molecular flexibility index (Phi) is 4.60. The number of aromatic nitrogens is 1. The van der Waals surface area contributed by atoms with Gasteiger partial charge in [-0.05, 0) is 30.3 Å². The number of carbonyl (C=O) groups excluding carboxylic acids is 1. The third kappa shape index (κ3) is 3.03. The molecule has 1 atom stereocenters. The summed E-state index contributed by atoms with van der Waals surface area (Å²) in [6, 6.07) is 8.67. The van der Waals surface area contributed by atoms with E-state index in [1.165, 1.54) is 11.9 Å². The summed E-state index contributed by atoms with van der Waals surface area (Å²) < 4.78 is 16.1. The van der Waals surface area contributed by atoms with Crippen molar-refractivity contribution in [1.29, 1.82) is 0 Å². The van der Waals surface area contributed by atoms with E-state index < -0.39 is 6.04 Å². The maximum Gasteiger partial charge on any atom is 0.238 e. The molecule has 144 valence electrons. The Balaban J connectivity index is 1.84. The van der Waals surface area contributed by atoms with Crippen LogP contribution >= 0.6 is 11.6 Å². The number of hydrogen-bond donors (Lipinski definition) is 1. The van der Waals surface area contributed by atoms with E-state index in [-0.39, 0.29) is 5.91 Å². The summed E-state index contributed by atoms with van der Waals surface area (Å²) in [4.78, 5) is 16.7. The number of rotatable bonds is 4. The van der Waals surface area contributed by atoms with Crippen LogP contribution in [0.25, 0.3) is 16.6 Å². The van der Waals surface area contributed by atoms with Crippen LogP contribution in [0.15, 0.2) is 47.1 Å². The van der Waals surface area contributed by atoms with Crippen LogP contribution in [0, 0.1) is 0 Å². The number of methoxy groups -OCH3 is 2. The number of furan rings is 1. The number of pyridine rings is 1. The second-order valence-electron chi connectivity index (χ2n) is 6.27. The normalized spacial score (nSPS) is 16.1. The van der Waals surface area contributed by atoms with Gasteiger partial charge in [0.05, 0.1) is 31.7 Å². The monoisotopic (exact) mass is 399 g/mol. The Hall–Kier alpha value is -3.19. The minimum atomic E-state index is -0.435. The van der Waals surface area contributed by atoms with Crippen LogP contribution in [0.5, 0.6) is 11.5 Å². The number of ether oxygens (including phenoxy) is 2. The van der Waals surface area contributed by atoms with Crippen molar-refractivity contribution in [2.45, 2.75) is 13.0 Å². The van der Waals surface area contributed by atoms with Gasteiger partial charge in [0.15, 0.2) is 17.3 Å². The van der Waals surface area contributed by atoms with E-state index >= 15 is 0 Å². The van der Waals surface area contributed by atoms with Gasteiger partial charge in [0.25, 0.3) is 0 Å². The average Bonchev–Trinajstić information content (AvgIpc) is 3.36. The zero-order valence-electron chi connectivity index (χ0n) is 15.5. The molecule has 0 saturated carbocycles. The minimum Gasteiger partial charge on any atom is -0.493 e. The second-order valence-corrected chi connectivity index (χ2v) is 6.63. The molecule has 0 saturated heterocycles. The first kappa shape index (κ1) is 18.2. The summed E-state index contributed by atoms with van der Waals surface area (Å²) in [6.07, 6.45) is 3.46.